The van der Waals surface area contributed by atoms with Crippen LogP contribution in [0.2, 0.25) is 0 Å². The van der Waals surface area contributed by atoms with Gasteiger partial charge in [-0.2, -0.15) is 0 Å². The lowest BCUT2D eigenvalue weighted by Gasteiger charge is -2.31. The molecule has 0 spiro atoms. The van der Waals surface area contributed by atoms with Gasteiger partial charge < -0.3 is 10.2 Å². The Labute approximate surface area is 181 Å². The zero-order chi connectivity index (χ0) is 21.9. The predicted molar refractivity (Wildman–Crippen MR) is 123 cm³/mol. The van der Waals surface area contributed by atoms with Gasteiger partial charge in [0.2, 0.25) is 11.8 Å². The Morgan fingerprint density at radius 1 is 0.900 bits per heavy atom. The summed E-state index contributed by atoms with van der Waals surface area (Å²) in [6.45, 7) is 8.62. The van der Waals surface area contributed by atoms with Gasteiger partial charge in [0.15, 0.2) is 0 Å². The largest absolute Gasteiger partial charge is 0.352 e. The molecule has 30 heavy (non-hydrogen) atoms. The number of benzene rings is 2. The van der Waals surface area contributed by atoms with Gasteiger partial charge in [-0.25, -0.2) is 0 Å². The molecule has 0 heterocycles. The van der Waals surface area contributed by atoms with Gasteiger partial charge in [-0.3, -0.25) is 9.59 Å². The topological polar surface area (TPSA) is 49.4 Å². The minimum absolute atomic E-state index is 0.0395. The van der Waals surface area contributed by atoms with Crippen molar-refractivity contribution in [3.63, 3.8) is 0 Å². The maximum atomic E-state index is 13.2. The summed E-state index contributed by atoms with van der Waals surface area (Å²) in [5.74, 6) is -0.0127. The molecule has 0 fully saturated rings. The minimum atomic E-state index is -0.437. The molecule has 0 bridgehead atoms. The van der Waals surface area contributed by atoms with Crippen molar-refractivity contribution >= 4 is 11.8 Å². The van der Waals surface area contributed by atoms with Gasteiger partial charge in [-0.05, 0) is 50.7 Å². The highest BCUT2D eigenvalue weighted by molar-refractivity contribution is 5.88. The standard InChI is InChI=1S/C26H36N2O2/c1-5-21(4)27-26(30)24(6-2)28(19-18-22-10-8-7-9-11-22)25(29)17-16-23-14-12-20(3)13-15-23/h7-15,21,24H,5-6,16-19H2,1-4H3,(H,27,30)/t21-,24-/m0/s1. The second-order valence-electron chi connectivity index (χ2n) is 8.05. The Morgan fingerprint density at radius 3 is 2.13 bits per heavy atom. The molecule has 0 aliphatic rings. The fourth-order valence-electron chi connectivity index (χ4n) is 3.49. The first kappa shape index (κ1) is 23.7. The monoisotopic (exact) mass is 408 g/mol. The van der Waals surface area contributed by atoms with Crippen LogP contribution in [0.4, 0.5) is 0 Å². The molecule has 0 radical (unpaired) electrons. The Hall–Kier alpha value is -2.62. The van der Waals surface area contributed by atoms with E-state index < -0.39 is 6.04 Å². The molecular formula is C26H36N2O2. The maximum Gasteiger partial charge on any atom is 0.243 e. The van der Waals surface area contributed by atoms with E-state index in [-0.39, 0.29) is 17.9 Å². The van der Waals surface area contributed by atoms with E-state index in [1.807, 2.05) is 39.0 Å². The quantitative estimate of drug-likeness (QED) is 0.586. The zero-order valence-electron chi connectivity index (χ0n) is 18.9. The molecule has 2 amide bonds. The van der Waals surface area contributed by atoms with Gasteiger partial charge in [0.1, 0.15) is 6.04 Å². The molecule has 0 saturated carbocycles. The van der Waals surface area contributed by atoms with E-state index >= 15 is 0 Å². The molecule has 0 aromatic heterocycles. The number of nitrogens with zero attached hydrogens (tertiary/aromatic N) is 1. The molecule has 4 heteroatoms. The first-order valence-corrected chi connectivity index (χ1v) is 11.1. The Morgan fingerprint density at radius 2 is 1.53 bits per heavy atom. The van der Waals surface area contributed by atoms with Crippen LogP contribution in [-0.2, 0) is 22.4 Å². The van der Waals surface area contributed by atoms with Gasteiger partial charge in [0.05, 0.1) is 0 Å². The van der Waals surface area contributed by atoms with Crippen LogP contribution >= 0.6 is 0 Å². The molecule has 1 N–H and O–H groups in total. The Balaban J connectivity index is 2.11. The van der Waals surface area contributed by atoms with E-state index in [4.69, 9.17) is 0 Å². The third-order valence-corrected chi connectivity index (χ3v) is 5.62. The number of rotatable bonds is 11. The lowest BCUT2D eigenvalue weighted by molar-refractivity contribution is -0.141. The van der Waals surface area contributed by atoms with Crippen molar-refractivity contribution < 1.29 is 9.59 Å². The molecular weight excluding hydrogens is 372 g/mol. The second-order valence-corrected chi connectivity index (χ2v) is 8.05. The van der Waals surface area contributed by atoms with Crippen molar-refractivity contribution in [1.29, 1.82) is 0 Å². The summed E-state index contributed by atoms with van der Waals surface area (Å²) in [4.78, 5) is 27.9. The van der Waals surface area contributed by atoms with E-state index in [0.29, 0.717) is 25.8 Å². The zero-order valence-corrected chi connectivity index (χ0v) is 18.9. The highest BCUT2D eigenvalue weighted by atomic mass is 16.2. The highest BCUT2D eigenvalue weighted by Gasteiger charge is 2.28. The van der Waals surface area contributed by atoms with E-state index in [2.05, 4.69) is 48.6 Å². The van der Waals surface area contributed by atoms with Gasteiger partial charge in [-0.1, -0.05) is 74.0 Å². The third kappa shape index (κ3) is 7.33. The van der Waals surface area contributed by atoms with Gasteiger partial charge in [-0.15, -0.1) is 0 Å². The van der Waals surface area contributed by atoms with E-state index in [0.717, 1.165) is 18.4 Å². The number of amides is 2. The number of carbonyl (C=O) groups excluding carboxylic acids is 2. The number of nitrogens with one attached hydrogen (secondary N) is 1. The molecule has 0 saturated heterocycles. The van der Waals surface area contributed by atoms with Crippen molar-refractivity contribution in [3.05, 3.63) is 71.3 Å². The van der Waals surface area contributed by atoms with Gasteiger partial charge in [0, 0.05) is 19.0 Å². The van der Waals surface area contributed by atoms with Crippen LogP contribution in [0.15, 0.2) is 54.6 Å². The minimum Gasteiger partial charge on any atom is -0.352 e. The van der Waals surface area contributed by atoms with Crippen LogP contribution in [0.1, 0.15) is 56.7 Å². The number of carbonyl (C=O) groups is 2. The molecule has 2 rings (SSSR count). The molecule has 4 nitrogen and oxygen atoms in total. The van der Waals surface area contributed by atoms with Crippen LogP contribution in [-0.4, -0.2) is 35.3 Å². The summed E-state index contributed by atoms with van der Waals surface area (Å²) < 4.78 is 0. The lowest BCUT2D eigenvalue weighted by Crippen LogP contribution is -2.51. The van der Waals surface area contributed by atoms with Crippen LogP contribution in [0.5, 0.6) is 0 Å². The summed E-state index contributed by atoms with van der Waals surface area (Å²) in [7, 11) is 0. The first-order valence-electron chi connectivity index (χ1n) is 11.1. The molecule has 2 aromatic carbocycles. The SMILES string of the molecule is CC[C@H](C)NC(=O)[C@H](CC)N(CCc1ccccc1)C(=O)CCc1ccc(C)cc1. The van der Waals surface area contributed by atoms with E-state index in [9.17, 15) is 9.59 Å². The molecule has 2 aromatic rings. The fraction of sp³-hybridized carbons (Fsp3) is 0.462. The first-order chi connectivity index (χ1) is 14.4. The smallest absolute Gasteiger partial charge is 0.243 e. The average molecular weight is 409 g/mol. The Kier molecular flexibility index (Phi) is 9.59. The second kappa shape index (κ2) is 12.2. The van der Waals surface area contributed by atoms with Crippen molar-refractivity contribution in [2.24, 2.45) is 0 Å². The molecule has 162 valence electrons. The highest BCUT2D eigenvalue weighted by Crippen LogP contribution is 2.13. The van der Waals surface area contributed by atoms with Crippen molar-refractivity contribution in [1.82, 2.24) is 10.2 Å². The summed E-state index contributed by atoms with van der Waals surface area (Å²) >= 11 is 0. The van der Waals surface area contributed by atoms with Crippen LogP contribution < -0.4 is 5.32 Å². The Bertz CT molecular complexity index is 786. The van der Waals surface area contributed by atoms with Gasteiger partial charge in [0.25, 0.3) is 0 Å². The van der Waals surface area contributed by atoms with Gasteiger partial charge >= 0.3 is 0 Å². The summed E-state index contributed by atoms with van der Waals surface area (Å²) in [5, 5.41) is 3.06. The number of aryl methyl sites for hydroxylation is 2. The normalized spacial score (nSPS) is 12.8. The molecule has 2 atom stereocenters. The summed E-state index contributed by atoms with van der Waals surface area (Å²) in [6, 6.07) is 18.1. The summed E-state index contributed by atoms with van der Waals surface area (Å²) in [6.07, 6.45) is 3.31. The average Bonchev–Trinajstić information content (AvgIpc) is 2.76. The van der Waals surface area contributed by atoms with Crippen molar-refractivity contribution in [2.75, 3.05) is 6.54 Å². The lowest BCUT2D eigenvalue weighted by atomic mass is 10.0. The third-order valence-electron chi connectivity index (χ3n) is 5.62. The molecule has 0 unspecified atom stereocenters. The number of hydrogen-bond acceptors (Lipinski definition) is 2. The van der Waals surface area contributed by atoms with Crippen LogP contribution in [0.3, 0.4) is 0 Å². The van der Waals surface area contributed by atoms with Crippen LogP contribution in [0.25, 0.3) is 0 Å². The van der Waals surface area contributed by atoms with Crippen molar-refractivity contribution in [3.8, 4) is 0 Å². The molecule has 0 aliphatic carbocycles. The van der Waals surface area contributed by atoms with Crippen molar-refractivity contribution in [2.45, 2.75) is 71.9 Å². The number of hydrogen-bond donors (Lipinski definition) is 1. The maximum absolute atomic E-state index is 13.2. The predicted octanol–water partition coefficient (Wildman–Crippen LogP) is 4.69. The molecule has 0 aliphatic heterocycles. The fourth-order valence-corrected chi connectivity index (χ4v) is 3.49. The summed E-state index contributed by atoms with van der Waals surface area (Å²) in [5.41, 5.74) is 3.53. The van der Waals surface area contributed by atoms with E-state index in [1.54, 1.807) is 4.90 Å². The van der Waals surface area contributed by atoms with E-state index in [1.165, 1.54) is 11.1 Å². The van der Waals surface area contributed by atoms with Crippen LogP contribution in [0, 0.1) is 6.92 Å².